The number of benzene rings is 1. The molecule has 1 aromatic carbocycles. The zero-order chi connectivity index (χ0) is 17.7. The fourth-order valence-electron chi connectivity index (χ4n) is 2.83. The highest BCUT2D eigenvalue weighted by Crippen LogP contribution is 2.19. The van der Waals surface area contributed by atoms with Crippen LogP contribution in [0.4, 0.5) is 0 Å². The lowest BCUT2D eigenvalue weighted by atomic mass is 10.1. The monoisotopic (exact) mass is 331 g/mol. The van der Waals surface area contributed by atoms with Crippen LogP contribution in [0.2, 0.25) is 0 Å². The molecule has 0 aromatic heterocycles. The van der Waals surface area contributed by atoms with Crippen molar-refractivity contribution in [2.24, 2.45) is 0 Å². The smallest absolute Gasteiger partial charge is 0.263 e. The number of aliphatic hydroxyl groups is 1. The topological polar surface area (TPSA) is 76.8 Å². The summed E-state index contributed by atoms with van der Waals surface area (Å²) in [6.45, 7) is 8.57. The molecule has 1 N–H and O–H groups in total. The Morgan fingerprint density at radius 3 is 2.54 bits per heavy atom. The normalized spacial score (nSPS) is 17.2. The second kappa shape index (κ2) is 7.65. The summed E-state index contributed by atoms with van der Waals surface area (Å²) in [5.41, 5.74) is -0.309. The molecule has 1 heterocycles. The van der Waals surface area contributed by atoms with Crippen LogP contribution in [0.5, 0.6) is 5.75 Å². The number of piperazine rings is 1. The SMILES string of the molecule is CC(Oc1ccccc1C#N)C(=O)N1CCN(CC(C)(C)O)CC1. The minimum atomic E-state index is -0.733. The number of nitrogens with zero attached hydrogens (tertiary/aromatic N) is 3. The molecule has 1 unspecified atom stereocenters. The Kier molecular flexibility index (Phi) is 5.81. The van der Waals surface area contributed by atoms with Crippen molar-refractivity contribution in [1.82, 2.24) is 9.80 Å². The van der Waals surface area contributed by atoms with E-state index in [1.807, 2.05) is 0 Å². The number of amides is 1. The molecule has 6 nitrogen and oxygen atoms in total. The van der Waals surface area contributed by atoms with E-state index in [1.165, 1.54) is 0 Å². The zero-order valence-electron chi connectivity index (χ0n) is 14.5. The van der Waals surface area contributed by atoms with Crippen molar-refractivity contribution in [3.63, 3.8) is 0 Å². The maximum atomic E-state index is 12.5. The van der Waals surface area contributed by atoms with E-state index in [1.54, 1.807) is 49.9 Å². The number of β-amino-alcohol motifs (C(OH)–C–C–N with tert-alkyl or cyclic N) is 1. The van der Waals surface area contributed by atoms with Gasteiger partial charge in [0.1, 0.15) is 11.8 Å². The quantitative estimate of drug-likeness (QED) is 0.878. The molecular formula is C18H25N3O3. The lowest BCUT2D eigenvalue weighted by Gasteiger charge is -2.38. The fourth-order valence-corrected chi connectivity index (χ4v) is 2.83. The Morgan fingerprint density at radius 2 is 1.96 bits per heavy atom. The van der Waals surface area contributed by atoms with Crippen LogP contribution < -0.4 is 4.74 Å². The average molecular weight is 331 g/mol. The summed E-state index contributed by atoms with van der Waals surface area (Å²) in [6, 6.07) is 8.98. The molecule has 130 valence electrons. The Bertz CT molecular complexity index is 611. The van der Waals surface area contributed by atoms with Gasteiger partial charge in [-0.05, 0) is 32.9 Å². The summed E-state index contributed by atoms with van der Waals surface area (Å²) in [4.78, 5) is 16.5. The van der Waals surface area contributed by atoms with E-state index >= 15 is 0 Å². The maximum Gasteiger partial charge on any atom is 0.263 e. The van der Waals surface area contributed by atoms with Crippen molar-refractivity contribution < 1.29 is 14.6 Å². The summed E-state index contributed by atoms with van der Waals surface area (Å²) in [7, 11) is 0. The molecule has 0 radical (unpaired) electrons. The lowest BCUT2D eigenvalue weighted by Crippen LogP contribution is -2.54. The average Bonchev–Trinajstić information content (AvgIpc) is 2.54. The van der Waals surface area contributed by atoms with Gasteiger partial charge in [-0.25, -0.2) is 0 Å². The summed E-state index contributed by atoms with van der Waals surface area (Å²) in [5.74, 6) is 0.354. The Balaban J connectivity index is 1.90. The van der Waals surface area contributed by atoms with Crippen molar-refractivity contribution in [3.8, 4) is 11.8 Å². The van der Waals surface area contributed by atoms with E-state index in [4.69, 9.17) is 10.00 Å². The molecule has 24 heavy (non-hydrogen) atoms. The molecular weight excluding hydrogens is 306 g/mol. The van der Waals surface area contributed by atoms with Crippen LogP contribution in [-0.4, -0.2) is 65.2 Å². The molecule has 1 aliphatic rings. The summed E-state index contributed by atoms with van der Waals surface area (Å²) < 4.78 is 5.69. The van der Waals surface area contributed by atoms with Crippen molar-refractivity contribution >= 4 is 5.91 Å². The third-order valence-corrected chi connectivity index (χ3v) is 3.95. The van der Waals surface area contributed by atoms with Gasteiger partial charge in [-0.2, -0.15) is 5.26 Å². The van der Waals surface area contributed by atoms with Crippen molar-refractivity contribution in [2.75, 3.05) is 32.7 Å². The highest BCUT2D eigenvalue weighted by atomic mass is 16.5. The molecule has 0 saturated carbocycles. The molecule has 1 aromatic rings. The Labute approximate surface area is 143 Å². The van der Waals surface area contributed by atoms with Gasteiger partial charge in [0.25, 0.3) is 5.91 Å². The highest BCUT2D eigenvalue weighted by Gasteiger charge is 2.28. The van der Waals surface area contributed by atoms with E-state index in [0.29, 0.717) is 30.9 Å². The van der Waals surface area contributed by atoms with E-state index in [-0.39, 0.29) is 5.91 Å². The molecule has 2 rings (SSSR count). The molecule has 1 atom stereocenters. The predicted molar refractivity (Wildman–Crippen MR) is 90.6 cm³/mol. The van der Waals surface area contributed by atoms with E-state index < -0.39 is 11.7 Å². The molecule has 1 aliphatic heterocycles. The summed E-state index contributed by atoms with van der Waals surface area (Å²) in [5, 5.41) is 19.0. The highest BCUT2D eigenvalue weighted by molar-refractivity contribution is 5.81. The van der Waals surface area contributed by atoms with Gasteiger partial charge in [-0.1, -0.05) is 12.1 Å². The molecule has 1 saturated heterocycles. The number of nitriles is 1. The molecule has 0 spiro atoms. The largest absolute Gasteiger partial charge is 0.480 e. The Morgan fingerprint density at radius 1 is 1.33 bits per heavy atom. The summed E-state index contributed by atoms with van der Waals surface area (Å²) >= 11 is 0. The van der Waals surface area contributed by atoms with E-state index in [2.05, 4.69) is 11.0 Å². The molecule has 1 amide bonds. The third kappa shape index (κ3) is 4.95. The second-order valence-corrected chi connectivity index (χ2v) is 6.78. The number of hydrogen-bond donors (Lipinski definition) is 1. The van der Waals surface area contributed by atoms with Crippen molar-refractivity contribution in [1.29, 1.82) is 5.26 Å². The molecule has 0 bridgehead atoms. The van der Waals surface area contributed by atoms with Gasteiger partial charge >= 0.3 is 0 Å². The predicted octanol–water partition coefficient (Wildman–Crippen LogP) is 1.24. The first-order valence-corrected chi connectivity index (χ1v) is 8.19. The van der Waals surface area contributed by atoms with Crippen molar-refractivity contribution in [3.05, 3.63) is 29.8 Å². The molecule has 6 heteroatoms. The van der Waals surface area contributed by atoms with Gasteiger partial charge in [0, 0.05) is 32.7 Å². The fraction of sp³-hybridized carbons (Fsp3) is 0.556. The standard InChI is InChI=1S/C18H25N3O3/c1-14(24-16-7-5-4-6-15(16)12-19)17(22)21-10-8-20(9-11-21)13-18(2,3)23/h4-7,14,23H,8-11,13H2,1-3H3. The van der Waals surface area contributed by atoms with Crippen LogP contribution >= 0.6 is 0 Å². The second-order valence-electron chi connectivity index (χ2n) is 6.78. The van der Waals surface area contributed by atoms with E-state index in [9.17, 15) is 9.90 Å². The van der Waals surface area contributed by atoms with Crippen LogP contribution in [0.1, 0.15) is 26.3 Å². The minimum absolute atomic E-state index is 0.0781. The first-order valence-electron chi connectivity index (χ1n) is 8.19. The molecule has 1 fully saturated rings. The minimum Gasteiger partial charge on any atom is -0.480 e. The Hall–Kier alpha value is -2.10. The van der Waals surface area contributed by atoms with Crippen LogP contribution in [0, 0.1) is 11.3 Å². The van der Waals surface area contributed by atoms with Crippen LogP contribution in [0.25, 0.3) is 0 Å². The van der Waals surface area contributed by atoms with Gasteiger partial charge in [0.05, 0.1) is 11.2 Å². The van der Waals surface area contributed by atoms with Gasteiger partial charge in [-0.3, -0.25) is 9.69 Å². The van der Waals surface area contributed by atoms with Crippen LogP contribution in [-0.2, 0) is 4.79 Å². The van der Waals surface area contributed by atoms with Gasteiger partial charge in [0.2, 0.25) is 0 Å². The first-order chi connectivity index (χ1) is 11.3. The number of hydrogen-bond acceptors (Lipinski definition) is 5. The molecule has 0 aliphatic carbocycles. The van der Waals surface area contributed by atoms with Gasteiger partial charge in [-0.15, -0.1) is 0 Å². The zero-order valence-corrected chi connectivity index (χ0v) is 14.5. The van der Waals surface area contributed by atoms with Crippen LogP contribution in [0.3, 0.4) is 0 Å². The number of carbonyl (C=O) groups excluding carboxylic acids is 1. The number of para-hydroxylation sites is 1. The number of ether oxygens (including phenoxy) is 1. The lowest BCUT2D eigenvalue weighted by molar-refractivity contribution is -0.140. The van der Waals surface area contributed by atoms with Crippen molar-refractivity contribution in [2.45, 2.75) is 32.5 Å². The number of carbonyl (C=O) groups is 1. The van der Waals surface area contributed by atoms with Gasteiger partial charge < -0.3 is 14.7 Å². The summed E-state index contributed by atoms with van der Waals surface area (Å²) in [6.07, 6.45) is -0.639. The maximum absolute atomic E-state index is 12.5. The number of rotatable bonds is 5. The van der Waals surface area contributed by atoms with E-state index in [0.717, 1.165) is 13.1 Å². The first kappa shape index (κ1) is 18.2. The van der Waals surface area contributed by atoms with Crippen LogP contribution in [0.15, 0.2) is 24.3 Å². The van der Waals surface area contributed by atoms with Gasteiger partial charge in [0.15, 0.2) is 6.10 Å². The third-order valence-electron chi connectivity index (χ3n) is 3.95.